The molecule has 3 nitrogen and oxygen atoms in total. The molecule has 1 amide bonds. The largest absolute Gasteiger partial charge is 0.339 e. The first kappa shape index (κ1) is 15.7. The van der Waals surface area contributed by atoms with Crippen LogP contribution in [0.25, 0.3) is 0 Å². The molecule has 0 radical (unpaired) electrons. The molecule has 20 heavy (non-hydrogen) atoms. The molecule has 1 aliphatic heterocycles. The third-order valence-corrected chi connectivity index (χ3v) is 4.92. The summed E-state index contributed by atoms with van der Waals surface area (Å²) in [4.78, 5) is 14.2. The van der Waals surface area contributed by atoms with E-state index in [2.05, 4.69) is 6.92 Å². The highest BCUT2D eigenvalue weighted by Crippen LogP contribution is 2.24. The van der Waals surface area contributed by atoms with Gasteiger partial charge in [0.25, 0.3) is 0 Å². The quantitative estimate of drug-likeness (QED) is 0.909. The Balaban J connectivity index is 1.78. The number of thioether (sulfide) groups is 1. The van der Waals surface area contributed by atoms with Crippen molar-refractivity contribution in [1.82, 2.24) is 4.90 Å². The van der Waals surface area contributed by atoms with E-state index in [1.54, 1.807) is 11.8 Å². The SMILES string of the molecule is CC1CC(CN)CN1C(=O)CSCc1cccc(Cl)c1. The van der Waals surface area contributed by atoms with Crippen molar-refractivity contribution in [3.05, 3.63) is 34.9 Å². The standard InChI is InChI=1S/C15H21ClN2OS/c1-11-5-13(7-17)8-18(11)15(19)10-20-9-12-3-2-4-14(16)6-12/h2-4,6,11,13H,5,7-10,17H2,1H3. The minimum absolute atomic E-state index is 0.223. The lowest BCUT2D eigenvalue weighted by Crippen LogP contribution is -2.35. The van der Waals surface area contributed by atoms with Gasteiger partial charge in [-0.3, -0.25) is 4.79 Å². The van der Waals surface area contributed by atoms with Crippen molar-refractivity contribution in [2.24, 2.45) is 11.7 Å². The second-order valence-corrected chi connectivity index (χ2v) is 6.78. The highest BCUT2D eigenvalue weighted by molar-refractivity contribution is 7.99. The number of carbonyl (C=O) groups excluding carboxylic acids is 1. The van der Waals surface area contributed by atoms with Gasteiger partial charge in [-0.2, -0.15) is 0 Å². The fourth-order valence-corrected chi connectivity index (χ4v) is 3.70. The second-order valence-electron chi connectivity index (χ2n) is 5.36. The Morgan fingerprint density at radius 1 is 1.55 bits per heavy atom. The van der Waals surface area contributed by atoms with Crippen molar-refractivity contribution in [1.29, 1.82) is 0 Å². The Labute approximate surface area is 129 Å². The Bertz CT molecular complexity index is 469. The summed E-state index contributed by atoms with van der Waals surface area (Å²) >= 11 is 7.58. The maximum Gasteiger partial charge on any atom is 0.232 e. The first-order chi connectivity index (χ1) is 9.60. The minimum Gasteiger partial charge on any atom is -0.339 e. The molecule has 2 N–H and O–H groups in total. The highest BCUT2D eigenvalue weighted by Gasteiger charge is 2.31. The smallest absolute Gasteiger partial charge is 0.232 e. The number of benzene rings is 1. The Morgan fingerprint density at radius 3 is 3.00 bits per heavy atom. The summed E-state index contributed by atoms with van der Waals surface area (Å²) in [7, 11) is 0. The first-order valence-electron chi connectivity index (χ1n) is 6.92. The van der Waals surface area contributed by atoms with Gasteiger partial charge in [0.2, 0.25) is 5.91 Å². The lowest BCUT2D eigenvalue weighted by Gasteiger charge is -2.21. The summed E-state index contributed by atoms with van der Waals surface area (Å²) in [5, 5.41) is 0.744. The van der Waals surface area contributed by atoms with Crippen LogP contribution in [0.1, 0.15) is 18.9 Å². The average Bonchev–Trinajstić information content (AvgIpc) is 2.80. The number of halogens is 1. The van der Waals surface area contributed by atoms with E-state index in [9.17, 15) is 4.79 Å². The summed E-state index contributed by atoms with van der Waals surface area (Å²) < 4.78 is 0. The van der Waals surface area contributed by atoms with Gasteiger partial charge in [-0.25, -0.2) is 0 Å². The summed E-state index contributed by atoms with van der Waals surface area (Å²) in [6, 6.07) is 8.10. The zero-order valence-corrected chi connectivity index (χ0v) is 13.3. The lowest BCUT2D eigenvalue weighted by molar-refractivity contribution is -0.128. The molecule has 0 bridgehead atoms. The van der Waals surface area contributed by atoms with Gasteiger partial charge in [-0.1, -0.05) is 23.7 Å². The molecule has 1 fully saturated rings. The molecule has 0 spiro atoms. The first-order valence-corrected chi connectivity index (χ1v) is 8.45. The maximum atomic E-state index is 12.2. The van der Waals surface area contributed by atoms with Gasteiger partial charge in [-0.15, -0.1) is 11.8 Å². The van der Waals surface area contributed by atoms with Crippen LogP contribution in [0.3, 0.4) is 0 Å². The predicted molar refractivity (Wildman–Crippen MR) is 86.0 cm³/mol. The zero-order valence-electron chi connectivity index (χ0n) is 11.7. The van der Waals surface area contributed by atoms with Crippen LogP contribution in [0.4, 0.5) is 0 Å². The number of hydrogen-bond donors (Lipinski definition) is 1. The van der Waals surface area contributed by atoms with Crippen molar-refractivity contribution in [3.8, 4) is 0 Å². The monoisotopic (exact) mass is 312 g/mol. The minimum atomic E-state index is 0.223. The maximum absolute atomic E-state index is 12.2. The third-order valence-electron chi connectivity index (χ3n) is 3.70. The number of rotatable bonds is 5. The van der Waals surface area contributed by atoms with E-state index in [0.29, 0.717) is 24.3 Å². The number of amides is 1. The van der Waals surface area contributed by atoms with Crippen molar-refractivity contribution in [3.63, 3.8) is 0 Å². The summed E-state index contributed by atoms with van der Waals surface area (Å²) in [6.07, 6.45) is 1.03. The molecule has 0 saturated carbocycles. The van der Waals surface area contributed by atoms with E-state index in [-0.39, 0.29) is 5.91 Å². The molecule has 2 atom stereocenters. The molecule has 0 aromatic heterocycles. The Hall–Kier alpha value is -0.710. The Kier molecular flexibility index (Phi) is 5.75. The molecular formula is C15H21ClN2OS. The van der Waals surface area contributed by atoms with Crippen molar-refractivity contribution >= 4 is 29.3 Å². The van der Waals surface area contributed by atoms with Crippen LogP contribution in [0, 0.1) is 5.92 Å². The van der Waals surface area contributed by atoms with E-state index in [1.165, 1.54) is 0 Å². The van der Waals surface area contributed by atoms with Crippen LogP contribution in [0.15, 0.2) is 24.3 Å². The molecule has 1 saturated heterocycles. The van der Waals surface area contributed by atoms with Crippen LogP contribution in [-0.2, 0) is 10.5 Å². The molecular weight excluding hydrogens is 292 g/mol. The number of carbonyl (C=O) groups is 1. The molecule has 0 aliphatic carbocycles. The van der Waals surface area contributed by atoms with E-state index < -0.39 is 0 Å². The topological polar surface area (TPSA) is 46.3 Å². The number of nitrogens with zero attached hydrogens (tertiary/aromatic N) is 1. The van der Waals surface area contributed by atoms with Gasteiger partial charge in [0.1, 0.15) is 0 Å². The van der Waals surface area contributed by atoms with E-state index >= 15 is 0 Å². The summed E-state index contributed by atoms with van der Waals surface area (Å²) in [6.45, 7) is 3.59. The van der Waals surface area contributed by atoms with E-state index in [1.807, 2.05) is 29.2 Å². The molecule has 110 valence electrons. The second kappa shape index (κ2) is 7.34. The number of likely N-dealkylation sites (tertiary alicyclic amines) is 1. The van der Waals surface area contributed by atoms with E-state index in [0.717, 1.165) is 29.3 Å². The van der Waals surface area contributed by atoms with Crippen molar-refractivity contribution in [2.45, 2.75) is 25.1 Å². The fraction of sp³-hybridized carbons (Fsp3) is 0.533. The molecule has 5 heteroatoms. The van der Waals surface area contributed by atoms with Gasteiger partial charge in [0.15, 0.2) is 0 Å². The molecule has 2 unspecified atom stereocenters. The molecule has 1 aromatic rings. The van der Waals surface area contributed by atoms with Crippen molar-refractivity contribution < 1.29 is 4.79 Å². The van der Waals surface area contributed by atoms with Gasteiger partial charge in [0, 0.05) is 23.4 Å². The highest BCUT2D eigenvalue weighted by atomic mass is 35.5. The zero-order chi connectivity index (χ0) is 14.5. The fourth-order valence-electron chi connectivity index (χ4n) is 2.63. The van der Waals surface area contributed by atoms with Crippen LogP contribution in [0.2, 0.25) is 5.02 Å². The Morgan fingerprint density at radius 2 is 2.35 bits per heavy atom. The summed E-state index contributed by atoms with van der Waals surface area (Å²) in [5.41, 5.74) is 6.85. The summed E-state index contributed by atoms with van der Waals surface area (Å²) in [5.74, 6) is 2.02. The molecule has 2 rings (SSSR count). The van der Waals surface area contributed by atoms with Gasteiger partial charge in [-0.05, 0) is 43.5 Å². The van der Waals surface area contributed by atoms with Crippen LogP contribution >= 0.6 is 23.4 Å². The predicted octanol–water partition coefficient (Wildman–Crippen LogP) is 2.77. The van der Waals surface area contributed by atoms with Crippen LogP contribution < -0.4 is 5.73 Å². The lowest BCUT2D eigenvalue weighted by atomic mass is 10.1. The average molecular weight is 313 g/mol. The molecule has 1 aromatic carbocycles. The van der Waals surface area contributed by atoms with Gasteiger partial charge in [0.05, 0.1) is 5.75 Å². The number of nitrogens with two attached hydrogens (primary N) is 1. The molecule has 1 aliphatic rings. The van der Waals surface area contributed by atoms with Gasteiger partial charge < -0.3 is 10.6 Å². The van der Waals surface area contributed by atoms with Crippen LogP contribution in [-0.4, -0.2) is 35.7 Å². The van der Waals surface area contributed by atoms with Gasteiger partial charge >= 0.3 is 0 Å². The van der Waals surface area contributed by atoms with E-state index in [4.69, 9.17) is 17.3 Å². The van der Waals surface area contributed by atoms with Crippen molar-refractivity contribution in [2.75, 3.05) is 18.8 Å². The third kappa shape index (κ3) is 4.14. The van der Waals surface area contributed by atoms with Crippen LogP contribution in [0.5, 0.6) is 0 Å². The normalized spacial score (nSPS) is 22.2. The number of hydrogen-bond acceptors (Lipinski definition) is 3. The molecule has 1 heterocycles.